The van der Waals surface area contributed by atoms with Crippen LogP contribution in [0, 0.1) is 18.3 Å². The number of ether oxygens (including phenoxy) is 2. The molecule has 1 aromatic heterocycles. The highest BCUT2D eigenvalue weighted by molar-refractivity contribution is 5.89. The Balaban J connectivity index is 1.57. The van der Waals surface area contributed by atoms with Crippen LogP contribution in [-0.2, 0) is 20.8 Å². The quantitative estimate of drug-likeness (QED) is 0.857. The van der Waals surface area contributed by atoms with Gasteiger partial charge in [0.2, 0.25) is 5.91 Å². The van der Waals surface area contributed by atoms with Crippen molar-refractivity contribution in [2.75, 3.05) is 46.0 Å². The van der Waals surface area contributed by atoms with E-state index in [9.17, 15) is 10.1 Å². The highest BCUT2D eigenvalue weighted by Crippen LogP contribution is 2.26. The van der Waals surface area contributed by atoms with E-state index in [1.165, 1.54) is 0 Å². The molecule has 4 rings (SSSR count). The first-order valence-electron chi connectivity index (χ1n) is 9.32. The summed E-state index contributed by atoms with van der Waals surface area (Å²) in [6, 6.07) is 10.0. The molecule has 0 radical (unpaired) electrons. The molecule has 1 spiro atoms. The third-order valence-electron chi connectivity index (χ3n) is 5.47. The number of morpholine rings is 1. The van der Waals surface area contributed by atoms with E-state index < -0.39 is 5.60 Å². The highest BCUT2D eigenvalue weighted by atomic mass is 16.5. The number of benzene rings is 1. The molecule has 27 heavy (non-hydrogen) atoms. The lowest BCUT2D eigenvalue weighted by Gasteiger charge is -2.41. The lowest BCUT2D eigenvalue weighted by molar-refractivity contribution is -0.158. The molecule has 1 aromatic carbocycles. The molecule has 3 heterocycles. The number of hydrogen-bond donors (Lipinski definition) is 1. The van der Waals surface area contributed by atoms with Crippen molar-refractivity contribution in [2.24, 2.45) is 0 Å². The van der Waals surface area contributed by atoms with Crippen LogP contribution in [0.5, 0.6) is 0 Å². The van der Waals surface area contributed by atoms with Crippen LogP contribution in [0.1, 0.15) is 11.3 Å². The Morgan fingerprint density at radius 3 is 3.07 bits per heavy atom. The zero-order chi connectivity index (χ0) is 18.9. The fourth-order valence-corrected chi connectivity index (χ4v) is 4.03. The van der Waals surface area contributed by atoms with Gasteiger partial charge in [-0.2, -0.15) is 5.26 Å². The maximum Gasteiger partial charge on any atom is 0.242 e. The van der Waals surface area contributed by atoms with E-state index in [0.717, 1.165) is 23.1 Å². The number of carbonyl (C=O) groups excluding carboxylic acids is 1. The molecular formula is C20H24N4O3. The van der Waals surface area contributed by atoms with Crippen molar-refractivity contribution in [1.29, 1.82) is 5.26 Å². The van der Waals surface area contributed by atoms with Crippen LogP contribution in [0.2, 0.25) is 0 Å². The minimum Gasteiger partial charge on any atom is -0.377 e. The fraction of sp³-hybridized carbons (Fsp3) is 0.500. The summed E-state index contributed by atoms with van der Waals surface area (Å²) in [5.41, 5.74) is 1.91. The van der Waals surface area contributed by atoms with Gasteiger partial charge in [-0.1, -0.05) is 18.2 Å². The molecule has 2 fully saturated rings. The van der Waals surface area contributed by atoms with Crippen LogP contribution in [0.25, 0.3) is 10.9 Å². The summed E-state index contributed by atoms with van der Waals surface area (Å²) in [4.78, 5) is 14.9. The van der Waals surface area contributed by atoms with E-state index in [1.807, 2.05) is 40.7 Å². The number of carbonyl (C=O) groups is 1. The number of amides is 1. The summed E-state index contributed by atoms with van der Waals surface area (Å²) in [5, 5.41) is 13.7. The SMILES string of the molecule is Cc1c(C#N)c2ccccc2n1CC(=O)N1CCO[C@]2(CNCCOC2)C1. The molecule has 1 atom stereocenters. The Morgan fingerprint density at radius 1 is 1.37 bits per heavy atom. The van der Waals surface area contributed by atoms with Crippen molar-refractivity contribution < 1.29 is 14.3 Å². The van der Waals surface area contributed by atoms with Crippen molar-refractivity contribution in [3.8, 4) is 6.07 Å². The lowest BCUT2D eigenvalue weighted by Crippen LogP contribution is -2.59. The van der Waals surface area contributed by atoms with E-state index in [-0.39, 0.29) is 12.5 Å². The molecule has 2 aliphatic rings. The first-order valence-corrected chi connectivity index (χ1v) is 9.32. The van der Waals surface area contributed by atoms with Crippen LogP contribution >= 0.6 is 0 Å². The number of nitrogens with one attached hydrogen (secondary N) is 1. The monoisotopic (exact) mass is 368 g/mol. The fourth-order valence-electron chi connectivity index (χ4n) is 4.03. The molecule has 7 nitrogen and oxygen atoms in total. The molecule has 1 amide bonds. The summed E-state index contributed by atoms with van der Waals surface area (Å²) >= 11 is 0. The highest BCUT2D eigenvalue weighted by Gasteiger charge is 2.39. The van der Waals surface area contributed by atoms with Crippen LogP contribution in [0.15, 0.2) is 24.3 Å². The molecule has 2 saturated heterocycles. The van der Waals surface area contributed by atoms with Crippen molar-refractivity contribution >= 4 is 16.8 Å². The van der Waals surface area contributed by atoms with Gasteiger partial charge < -0.3 is 24.3 Å². The average molecular weight is 368 g/mol. The second kappa shape index (κ2) is 7.31. The molecule has 142 valence electrons. The normalized spacial score (nSPS) is 23.3. The largest absolute Gasteiger partial charge is 0.377 e. The van der Waals surface area contributed by atoms with Gasteiger partial charge in [0, 0.05) is 30.7 Å². The molecule has 7 heteroatoms. The van der Waals surface area contributed by atoms with E-state index >= 15 is 0 Å². The number of fused-ring (bicyclic) bond motifs is 1. The third kappa shape index (κ3) is 3.32. The number of para-hydroxylation sites is 1. The Morgan fingerprint density at radius 2 is 2.22 bits per heavy atom. The molecule has 0 bridgehead atoms. The smallest absolute Gasteiger partial charge is 0.242 e. The van der Waals surface area contributed by atoms with Gasteiger partial charge in [-0.25, -0.2) is 0 Å². The second-order valence-corrected chi connectivity index (χ2v) is 7.25. The summed E-state index contributed by atoms with van der Waals surface area (Å²) in [7, 11) is 0. The lowest BCUT2D eigenvalue weighted by atomic mass is 10.0. The molecule has 0 aliphatic carbocycles. The van der Waals surface area contributed by atoms with Crippen molar-refractivity contribution in [3.63, 3.8) is 0 Å². The van der Waals surface area contributed by atoms with Crippen LogP contribution in [0.3, 0.4) is 0 Å². The molecule has 2 aliphatic heterocycles. The number of nitrogens with zero attached hydrogens (tertiary/aromatic N) is 3. The number of aromatic nitrogens is 1. The van der Waals surface area contributed by atoms with Gasteiger partial charge in [0.05, 0.1) is 37.4 Å². The minimum absolute atomic E-state index is 0.0373. The Hall–Kier alpha value is -2.40. The van der Waals surface area contributed by atoms with Gasteiger partial charge >= 0.3 is 0 Å². The zero-order valence-corrected chi connectivity index (χ0v) is 15.5. The van der Waals surface area contributed by atoms with Gasteiger partial charge in [0.25, 0.3) is 0 Å². The summed E-state index contributed by atoms with van der Waals surface area (Å²) < 4.78 is 13.6. The van der Waals surface area contributed by atoms with E-state index in [1.54, 1.807) is 0 Å². The van der Waals surface area contributed by atoms with Gasteiger partial charge in [-0.05, 0) is 13.0 Å². The topological polar surface area (TPSA) is 79.5 Å². The second-order valence-electron chi connectivity index (χ2n) is 7.25. The molecule has 1 N–H and O–H groups in total. The predicted octanol–water partition coefficient (Wildman–Crippen LogP) is 1.04. The summed E-state index contributed by atoms with van der Waals surface area (Å²) in [6.07, 6.45) is 0. The Kier molecular flexibility index (Phi) is 4.87. The van der Waals surface area contributed by atoms with Crippen molar-refractivity contribution in [1.82, 2.24) is 14.8 Å². The summed E-state index contributed by atoms with van der Waals surface area (Å²) in [5.74, 6) is 0.0373. The van der Waals surface area contributed by atoms with Gasteiger partial charge in [-0.3, -0.25) is 4.79 Å². The molecular weight excluding hydrogens is 344 g/mol. The first kappa shape index (κ1) is 18.0. The Bertz CT molecular complexity index is 890. The standard InChI is InChI=1S/C20H24N4O3/c1-15-17(10-21)16-4-2-3-5-18(16)24(15)11-19(25)23-7-9-27-20(13-23)12-22-6-8-26-14-20/h2-5,22H,6-9,11-14H2,1H3/t20-/m1/s1. The van der Waals surface area contributed by atoms with Crippen LogP contribution < -0.4 is 5.32 Å². The van der Waals surface area contributed by atoms with E-state index in [4.69, 9.17) is 9.47 Å². The first-order chi connectivity index (χ1) is 13.1. The number of nitriles is 1. The van der Waals surface area contributed by atoms with Crippen LogP contribution in [-0.4, -0.2) is 67.0 Å². The molecule has 0 saturated carbocycles. The molecule has 0 unspecified atom stereocenters. The predicted molar refractivity (Wildman–Crippen MR) is 100 cm³/mol. The van der Waals surface area contributed by atoms with Gasteiger partial charge in [0.1, 0.15) is 18.2 Å². The van der Waals surface area contributed by atoms with Gasteiger partial charge in [-0.15, -0.1) is 0 Å². The third-order valence-corrected chi connectivity index (χ3v) is 5.47. The number of rotatable bonds is 2. The maximum atomic E-state index is 13.1. The molecule has 2 aromatic rings. The Labute approximate surface area is 158 Å². The zero-order valence-electron chi connectivity index (χ0n) is 15.5. The average Bonchev–Trinajstić information content (AvgIpc) is 2.82. The van der Waals surface area contributed by atoms with Crippen molar-refractivity contribution in [2.45, 2.75) is 19.1 Å². The maximum absolute atomic E-state index is 13.1. The van der Waals surface area contributed by atoms with Gasteiger partial charge in [0.15, 0.2) is 0 Å². The van der Waals surface area contributed by atoms with E-state index in [0.29, 0.717) is 45.0 Å². The van der Waals surface area contributed by atoms with Crippen LogP contribution in [0.4, 0.5) is 0 Å². The summed E-state index contributed by atoms with van der Waals surface area (Å²) in [6.45, 7) is 6.34. The number of hydrogen-bond acceptors (Lipinski definition) is 5. The minimum atomic E-state index is -0.476. The van der Waals surface area contributed by atoms with Crippen molar-refractivity contribution in [3.05, 3.63) is 35.5 Å². The van der Waals surface area contributed by atoms with E-state index in [2.05, 4.69) is 11.4 Å².